The van der Waals surface area contributed by atoms with E-state index in [9.17, 15) is 18.5 Å². The Bertz CT molecular complexity index is 1280. The summed E-state index contributed by atoms with van der Waals surface area (Å²) in [6.07, 6.45) is 1.31. The molecule has 0 amide bonds. The molecule has 9 nitrogen and oxygen atoms in total. The highest BCUT2D eigenvalue weighted by Crippen LogP contribution is 2.31. The minimum absolute atomic E-state index is 0.0225. The minimum atomic E-state index is -4.13. The molecule has 0 aliphatic heterocycles. The molecule has 0 bridgehead atoms. The van der Waals surface area contributed by atoms with E-state index in [1.165, 1.54) is 31.5 Å². The second-order valence-electron chi connectivity index (χ2n) is 6.25. The van der Waals surface area contributed by atoms with E-state index >= 15 is 0 Å². The topological polar surface area (TPSA) is 123 Å². The van der Waals surface area contributed by atoms with Crippen LogP contribution in [0.3, 0.4) is 0 Å². The quantitative estimate of drug-likeness (QED) is 0.253. The molecule has 0 unspecified atom stereocenters. The standard InChI is InChI=1S/C20H16Cl2N4O5S/c1-31-20-8-3-2-7-18(20)25-32(29,30)13-9-10-17(19(11-13)26(27)28)24-23-12-14-15(21)5-4-6-16(14)22/h2-12,24-25H,1H3. The summed E-state index contributed by atoms with van der Waals surface area (Å²) in [6.45, 7) is 0. The number of ether oxygens (including phenoxy) is 1. The number of nitrogens with one attached hydrogen (secondary N) is 2. The summed E-state index contributed by atoms with van der Waals surface area (Å²) >= 11 is 12.1. The summed E-state index contributed by atoms with van der Waals surface area (Å²) < 4.78 is 33.0. The molecule has 0 aliphatic carbocycles. The van der Waals surface area contributed by atoms with Gasteiger partial charge in [0.15, 0.2) is 0 Å². The van der Waals surface area contributed by atoms with E-state index in [1.807, 2.05) is 0 Å². The highest BCUT2D eigenvalue weighted by atomic mass is 35.5. The number of hydrazone groups is 1. The third-order valence-electron chi connectivity index (χ3n) is 4.21. The number of hydrogen-bond acceptors (Lipinski definition) is 7. The molecule has 0 spiro atoms. The largest absolute Gasteiger partial charge is 0.495 e. The highest BCUT2D eigenvalue weighted by Gasteiger charge is 2.22. The molecule has 0 fully saturated rings. The molecule has 3 rings (SSSR count). The molecule has 166 valence electrons. The van der Waals surface area contributed by atoms with Crippen molar-refractivity contribution in [2.45, 2.75) is 4.90 Å². The van der Waals surface area contributed by atoms with Crippen molar-refractivity contribution in [2.24, 2.45) is 5.10 Å². The molecule has 0 aliphatic rings. The maximum absolute atomic E-state index is 12.8. The van der Waals surface area contributed by atoms with Crippen molar-refractivity contribution < 1.29 is 18.1 Å². The summed E-state index contributed by atoms with van der Waals surface area (Å²) in [5.74, 6) is 0.302. The average Bonchev–Trinajstić information content (AvgIpc) is 2.75. The molecule has 12 heteroatoms. The Morgan fingerprint density at radius 3 is 2.38 bits per heavy atom. The SMILES string of the molecule is COc1ccccc1NS(=O)(=O)c1ccc(NN=Cc2c(Cl)cccc2Cl)c([N+](=O)[O-])c1. The number of para-hydroxylation sites is 2. The van der Waals surface area contributed by atoms with Crippen molar-refractivity contribution in [3.05, 3.63) is 86.4 Å². The Morgan fingerprint density at radius 2 is 1.72 bits per heavy atom. The van der Waals surface area contributed by atoms with E-state index in [0.29, 0.717) is 21.4 Å². The van der Waals surface area contributed by atoms with Crippen LogP contribution in [0.25, 0.3) is 0 Å². The Morgan fingerprint density at radius 1 is 1.03 bits per heavy atom. The van der Waals surface area contributed by atoms with E-state index in [0.717, 1.165) is 6.07 Å². The van der Waals surface area contributed by atoms with Crippen molar-refractivity contribution in [3.8, 4) is 5.75 Å². The smallest absolute Gasteiger partial charge is 0.295 e. The van der Waals surface area contributed by atoms with Crippen LogP contribution in [-0.4, -0.2) is 26.7 Å². The van der Waals surface area contributed by atoms with Crippen LogP contribution in [0.4, 0.5) is 17.1 Å². The molecule has 0 saturated carbocycles. The van der Waals surface area contributed by atoms with Crippen molar-refractivity contribution >= 4 is 56.5 Å². The average molecular weight is 495 g/mol. The zero-order valence-corrected chi connectivity index (χ0v) is 18.8. The molecule has 3 aromatic rings. The van der Waals surface area contributed by atoms with Crippen LogP contribution in [0.2, 0.25) is 10.0 Å². The lowest BCUT2D eigenvalue weighted by Crippen LogP contribution is -2.14. The second kappa shape index (κ2) is 9.86. The normalized spacial score (nSPS) is 11.3. The highest BCUT2D eigenvalue weighted by molar-refractivity contribution is 7.92. The number of rotatable bonds is 8. The molecule has 0 atom stereocenters. The molecule has 0 saturated heterocycles. The number of anilines is 2. The van der Waals surface area contributed by atoms with E-state index in [1.54, 1.807) is 36.4 Å². The maximum Gasteiger partial charge on any atom is 0.295 e. The Balaban J connectivity index is 1.89. The van der Waals surface area contributed by atoms with Gasteiger partial charge in [-0.2, -0.15) is 5.10 Å². The zero-order valence-electron chi connectivity index (χ0n) is 16.5. The first-order chi connectivity index (χ1) is 15.2. The Hall–Kier alpha value is -3.34. The van der Waals surface area contributed by atoms with Crippen molar-refractivity contribution in [2.75, 3.05) is 17.3 Å². The van der Waals surface area contributed by atoms with Crippen LogP contribution in [-0.2, 0) is 10.0 Å². The van der Waals surface area contributed by atoms with E-state index in [2.05, 4.69) is 15.2 Å². The lowest BCUT2D eigenvalue weighted by Gasteiger charge is -2.12. The van der Waals surface area contributed by atoms with Crippen LogP contribution < -0.4 is 14.9 Å². The fraction of sp³-hybridized carbons (Fsp3) is 0.0500. The third kappa shape index (κ3) is 5.28. The molecule has 0 radical (unpaired) electrons. The number of sulfonamides is 1. The summed E-state index contributed by atoms with van der Waals surface area (Å²) in [6, 6.07) is 14.7. The van der Waals surface area contributed by atoms with Gasteiger partial charge in [-0.3, -0.25) is 20.3 Å². The molecule has 0 aromatic heterocycles. The van der Waals surface area contributed by atoms with Crippen LogP contribution in [0.5, 0.6) is 5.75 Å². The molecular formula is C20H16Cl2N4O5S. The van der Waals surface area contributed by atoms with Gasteiger partial charge in [0.05, 0.1) is 38.9 Å². The number of halogens is 2. The van der Waals surface area contributed by atoms with Gasteiger partial charge < -0.3 is 4.74 Å². The zero-order chi connectivity index (χ0) is 23.3. The van der Waals surface area contributed by atoms with Gasteiger partial charge in [0.25, 0.3) is 15.7 Å². The van der Waals surface area contributed by atoms with Crippen molar-refractivity contribution in [1.29, 1.82) is 0 Å². The number of nitrogens with zero attached hydrogens (tertiary/aromatic N) is 2. The molecule has 3 aromatic carbocycles. The predicted octanol–water partition coefficient (Wildman–Crippen LogP) is 5.16. The summed E-state index contributed by atoms with van der Waals surface area (Å²) in [4.78, 5) is 10.5. The minimum Gasteiger partial charge on any atom is -0.495 e. The summed E-state index contributed by atoms with van der Waals surface area (Å²) in [5.41, 5.74) is 2.62. The van der Waals surface area contributed by atoms with Gasteiger partial charge in [-0.1, -0.05) is 41.4 Å². The van der Waals surface area contributed by atoms with Gasteiger partial charge in [0.2, 0.25) is 0 Å². The number of methoxy groups -OCH3 is 1. The van der Waals surface area contributed by atoms with Gasteiger partial charge in [-0.15, -0.1) is 0 Å². The third-order valence-corrected chi connectivity index (χ3v) is 6.23. The van der Waals surface area contributed by atoms with E-state index < -0.39 is 20.6 Å². The number of benzene rings is 3. The van der Waals surface area contributed by atoms with E-state index in [4.69, 9.17) is 27.9 Å². The summed E-state index contributed by atoms with van der Waals surface area (Å²) in [7, 11) is -2.73. The number of nitro benzene ring substituents is 1. The predicted molar refractivity (Wildman–Crippen MR) is 125 cm³/mol. The maximum atomic E-state index is 12.8. The van der Waals surface area contributed by atoms with E-state index in [-0.39, 0.29) is 16.3 Å². The van der Waals surface area contributed by atoms with Gasteiger partial charge >= 0.3 is 0 Å². The number of hydrogen-bond donors (Lipinski definition) is 2. The van der Waals surface area contributed by atoms with Crippen molar-refractivity contribution in [1.82, 2.24) is 0 Å². The molecule has 2 N–H and O–H groups in total. The van der Waals surface area contributed by atoms with Crippen molar-refractivity contribution in [3.63, 3.8) is 0 Å². The lowest BCUT2D eigenvalue weighted by molar-refractivity contribution is -0.384. The van der Waals surface area contributed by atoms with Gasteiger partial charge in [0.1, 0.15) is 11.4 Å². The fourth-order valence-electron chi connectivity index (χ4n) is 2.66. The van der Waals surface area contributed by atoms with Crippen LogP contribution in [0.1, 0.15) is 5.56 Å². The first-order valence-electron chi connectivity index (χ1n) is 8.90. The van der Waals surface area contributed by atoms with Crippen LogP contribution in [0, 0.1) is 10.1 Å². The summed E-state index contributed by atoms with van der Waals surface area (Å²) in [5, 5.41) is 16.2. The molecular weight excluding hydrogens is 479 g/mol. The van der Waals surface area contributed by atoms with Crippen LogP contribution >= 0.6 is 23.2 Å². The first kappa shape index (κ1) is 23.3. The first-order valence-corrected chi connectivity index (χ1v) is 11.1. The Kier molecular flexibility index (Phi) is 7.18. The Labute approximate surface area is 193 Å². The van der Waals surface area contributed by atoms with Gasteiger partial charge in [-0.05, 0) is 36.4 Å². The van der Waals surface area contributed by atoms with Crippen LogP contribution in [0.15, 0.2) is 70.7 Å². The monoisotopic (exact) mass is 494 g/mol. The molecule has 0 heterocycles. The lowest BCUT2D eigenvalue weighted by atomic mass is 10.2. The fourth-order valence-corrected chi connectivity index (χ4v) is 4.24. The second-order valence-corrected chi connectivity index (χ2v) is 8.74. The number of nitro groups is 1. The molecule has 32 heavy (non-hydrogen) atoms. The van der Waals surface area contributed by atoms with Gasteiger partial charge in [0, 0.05) is 11.6 Å². The van der Waals surface area contributed by atoms with Gasteiger partial charge in [-0.25, -0.2) is 8.42 Å².